The Morgan fingerprint density at radius 3 is 2.69 bits per heavy atom. The summed E-state index contributed by atoms with van der Waals surface area (Å²) in [6, 6.07) is -0.504. The topological polar surface area (TPSA) is 110 Å². The van der Waals surface area contributed by atoms with Crippen LogP contribution in [0.15, 0.2) is 4.52 Å². The predicted molar refractivity (Wildman–Crippen MR) is 93.8 cm³/mol. The lowest BCUT2D eigenvalue weighted by Gasteiger charge is -2.29. The van der Waals surface area contributed by atoms with Gasteiger partial charge in [0.1, 0.15) is 17.2 Å². The average Bonchev–Trinajstić information content (AvgIpc) is 3.03. The zero-order chi connectivity index (χ0) is 18.7. The molecule has 1 aliphatic rings. The lowest BCUT2D eigenvalue weighted by Crippen LogP contribution is -2.44. The molecule has 0 spiro atoms. The molecule has 140 valence electrons. The molecule has 3 heterocycles. The number of hydrogen-bond acceptors (Lipinski definition) is 8. The molecule has 1 N–H and O–H groups in total. The van der Waals surface area contributed by atoms with E-state index in [1.165, 1.54) is 0 Å². The number of carbonyl (C=O) groups is 2. The number of amides is 1. The van der Waals surface area contributed by atoms with Gasteiger partial charge in [-0.15, -0.1) is 0 Å². The van der Waals surface area contributed by atoms with E-state index in [1.54, 1.807) is 20.8 Å². The monoisotopic (exact) mass is 361 g/mol. The summed E-state index contributed by atoms with van der Waals surface area (Å²) >= 11 is 0. The summed E-state index contributed by atoms with van der Waals surface area (Å²) in [7, 11) is 0. The van der Waals surface area contributed by atoms with E-state index < -0.39 is 12.0 Å². The second kappa shape index (κ2) is 7.67. The van der Waals surface area contributed by atoms with Crippen LogP contribution in [0.3, 0.4) is 0 Å². The lowest BCUT2D eigenvalue weighted by molar-refractivity contribution is -0.132. The van der Waals surface area contributed by atoms with Crippen molar-refractivity contribution in [3.63, 3.8) is 0 Å². The Bertz CT molecular complexity index is 813. The van der Waals surface area contributed by atoms with E-state index in [9.17, 15) is 9.59 Å². The van der Waals surface area contributed by atoms with Crippen LogP contribution < -0.4 is 5.32 Å². The Hall–Kier alpha value is -2.71. The van der Waals surface area contributed by atoms with Crippen LogP contribution in [0.4, 0.5) is 5.82 Å². The van der Waals surface area contributed by atoms with Crippen LogP contribution in [-0.2, 0) is 9.53 Å². The van der Waals surface area contributed by atoms with Crippen molar-refractivity contribution >= 4 is 28.8 Å². The standard InChI is InChI=1S/C17H23N5O4/c1-4-25-17(24)14-19-13(12-10(2)21-26-15(12)20-14)18-11(3)16(23)22-8-6-5-7-9-22/h11H,4-9H2,1-3H3,(H,18,19,20). The molecule has 1 fully saturated rings. The minimum absolute atomic E-state index is 0.00301. The number of ether oxygens (including phenoxy) is 1. The van der Waals surface area contributed by atoms with Gasteiger partial charge in [-0.2, -0.15) is 4.98 Å². The van der Waals surface area contributed by atoms with Crippen LogP contribution in [0.25, 0.3) is 11.1 Å². The summed E-state index contributed by atoms with van der Waals surface area (Å²) in [6.45, 7) is 6.98. The normalized spacial score (nSPS) is 15.7. The third-order valence-electron chi connectivity index (χ3n) is 4.36. The van der Waals surface area contributed by atoms with Gasteiger partial charge in [-0.3, -0.25) is 4.79 Å². The summed E-state index contributed by atoms with van der Waals surface area (Å²) in [4.78, 5) is 34.8. The molecule has 3 rings (SSSR count). The van der Waals surface area contributed by atoms with Crippen molar-refractivity contribution < 1.29 is 18.8 Å². The molecule has 1 saturated heterocycles. The van der Waals surface area contributed by atoms with Crippen molar-refractivity contribution in [3.05, 3.63) is 11.5 Å². The van der Waals surface area contributed by atoms with E-state index in [-0.39, 0.29) is 24.1 Å². The van der Waals surface area contributed by atoms with Gasteiger partial charge >= 0.3 is 5.97 Å². The summed E-state index contributed by atoms with van der Waals surface area (Å²) in [5, 5.41) is 7.53. The molecule has 0 saturated carbocycles. The number of nitrogens with one attached hydrogen (secondary N) is 1. The third-order valence-corrected chi connectivity index (χ3v) is 4.36. The van der Waals surface area contributed by atoms with Crippen LogP contribution in [0, 0.1) is 6.92 Å². The number of rotatable bonds is 5. The maximum atomic E-state index is 12.7. The van der Waals surface area contributed by atoms with Crippen molar-refractivity contribution in [2.24, 2.45) is 0 Å². The average molecular weight is 361 g/mol. The second-order valence-corrected chi connectivity index (χ2v) is 6.32. The third kappa shape index (κ3) is 3.61. The fraction of sp³-hybridized carbons (Fsp3) is 0.588. The Morgan fingerprint density at radius 2 is 2.00 bits per heavy atom. The van der Waals surface area contributed by atoms with Gasteiger partial charge in [-0.25, -0.2) is 9.78 Å². The van der Waals surface area contributed by atoms with E-state index in [0.717, 1.165) is 32.4 Å². The lowest BCUT2D eigenvalue weighted by atomic mass is 10.1. The first-order valence-corrected chi connectivity index (χ1v) is 8.87. The number of fused-ring (bicyclic) bond motifs is 1. The molecule has 26 heavy (non-hydrogen) atoms. The molecular formula is C17H23N5O4. The first-order chi connectivity index (χ1) is 12.5. The maximum absolute atomic E-state index is 12.7. The number of hydrogen-bond donors (Lipinski definition) is 1. The zero-order valence-electron chi connectivity index (χ0n) is 15.2. The quantitative estimate of drug-likeness (QED) is 0.804. The van der Waals surface area contributed by atoms with Gasteiger partial charge in [0.05, 0.1) is 12.3 Å². The fourth-order valence-corrected chi connectivity index (χ4v) is 3.04. The van der Waals surface area contributed by atoms with E-state index in [1.807, 2.05) is 4.90 Å². The highest BCUT2D eigenvalue weighted by Crippen LogP contribution is 2.25. The molecule has 1 unspecified atom stereocenters. The number of esters is 1. The first-order valence-electron chi connectivity index (χ1n) is 8.87. The smallest absolute Gasteiger partial charge is 0.376 e. The molecule has 0 aliphatic carbocycles. The predicted octanol–water partition coefficient (Wildman–Crippen LogP) is 1.92. The van der Waals surface area contributed by atoms with Gasteiger partial charge in [0.2, 0.25) is 11.7 Å². The number of carbonyl (C=O) groups excluding carboxylic acids is 2. The Kier molecular flexibility index (Phi) is 5.34. The highest BCUT2D eigenvalue weighted by atomic mass is 16.5. The first kappa shape index (κ1) is 18.1. The molecular weight excluding hydrogens is 338 g/mol. The van der Waals surface area contributed by atoms with Crippen molar-refractivity contribution in [3.8, 4) is 0 Å². The van der Waals surface area contributed by atoms with Gasteiger partial charge in [0, 0.05) is 13.1 Å². The molecule has 9 heteroatoms. The highest BCUT2D eigenvalue weighted by Gasteiger charge is 2.25. The van der Waals surface area contributed by atoms with Gasteiger partial charge in [0.25, 0.3) is 5.71 Å². The van der Waals surface area contributed by atoms with Crippen molar-refractivity contribution in [1.82, 2.24) is 20.0 Å². The van der Waals surface area contributed by atoms with Crippen LogP contribution >= 0.6 is 0 Å². The zero-order valence-corrected chi connectivity index (χ0v) is 15.2. The SMILES string of the molecule is CCOC(=O)c1nc(NC(C)C(=O)N2CCCCC2)c2c(C)noc2n1. The van der Waals surface area contributed by atoms with E-state index >= 15 is 0 Å². The molecule has 9 nitrogen and oxygen atoms in total. The molecule has 2 aromatic heterocycles. The van der Waals surface area contributed by atoms with Gasteiger partial charge in [-0.1, -0.05) is 5.16 Å². The number of piperidine rings is 1. The van der Waals surface area contributed by atoms with Crippen LogP contribution in [0.2, 0.25) is 0 Å². The number of aromatic nitrogens is 3. The summed E-state index contributed by atoms with van der Waals surface area (Å²) in [5.74, 6) is -0.435. The molecule has 1 atom stereocenters. The molecule has 1 aliphatic heterocycles. The number of nitrogens with zero attached hydrogens (tertiary/aromatic N) is 4. The maximum Gasteiger partial charge on any atom is 0.376 e. The minimum Gasteiger partial charge on any atom is -0.460 e. The summed E-state index contributed by atoms with van der Waals surface area (Å²) < 4.78 is 10.1. The molecule has 0 bridgehead atoms. The highest BCUT2D eigenvalue weighted by molar-refractivity contribution is 5.94. The second-order valence-electron chi connectivity index (χ2n) is 6.32. The van der Waals surface area contributed by atoms with E-state index in [2.05, 4.69) is 20.4 Å². The van der Waals surface area contributed by atoms with Gasteiger partial charge in [0.15, 0.2) is 0 Å². The van der Waals surface area contributed by atoms with Gasteiger partial charge in [-0.05, 0) is 40.0 Å². The fourth-order valence-electron chi connectivity index (χ4n) is 3.04. The molecule has 0 radical (unpaired) electrons. The van der Waals surface area contributed by atoms with Crippen molar-refractivity contribution in [2.75, 3.05) is 25.0 Å². The molecule has 1 amide bonds. The minimum atomic E-state index is -0.651. The Morgan fingerprint density at radius 1 is 1.27 bits per heavy atom. The largest absolute Gasteiger partial charge is 0.460 e. The van der Waals surface area contributed by atoms with Crippen molar-refractivity contribution in [1.29, 1.82) is 0 Å². The van der Waals surface area contributed by atoms with Crippen LogP contribution in [0.5, 0.6) is 0 Å². The number of likely N-dealkylation sites (tertiary alicyclic amines) is 1. The molecule has 0 aromatic carbocycles. The number of anilines is 1. The van der Waals surface area contributed by atoms with Crippen LogP contribution in [0.1, 0.15) is 49.4 Å². The summed E-state index contributed by atoms with van der Waals surface area (Å²) in [6.07, 6.45) is 3.20. The van der Waals surface area contributed by atoms with E-state index in [4.69, 9.17) is 9.26 Å². The van der Waals surface area contributed by atoms with E-state index in [0.29, 0.717) is 16.9 Å². The van der Waals surface area contributed by atoms with Crippen LogP contribution in [-0.4, -0.2) is 57.6 Å². The Balaban J connectivity index is 1.88. The number of aryl methyl sites for hydroxylation is 1. The molecule has 2 aromatic rings. The van der Waals surface area contributed by atoms with Gasteiger partial charge < -0.3 is 19.5 Å². The van der Waals surface area contributed by atoms with Crippen molar-refractivity contribution in [2.45, 2.75) is 46.1 Å². The Labute approximate surface area is 151 Å². The summed E-state index contributed by atoms with van der Waals surface area (Å²) in [5.41, 5.74) is 0.760.